The topological polar surface area (TPSA) is 4.44 Å². The summed E-state index contributed by atoms with van der Waals surface area (Å²) in [5.74, 6) is 0. The van der Waals surface area contributed by atoms with Crippen LogP contribution in [0.25, 0.3) is 0 Å². The molecule has 0 atom stereocenters. The highest BCUT2D eigenvalue weighted by molar-refractivity contribution is 5.37. The van der Waals surface area contributed by atoms with Gasteiger partial charge in [-0.05, 0) is 13.0 Å². The molecule has 0 aliphatic rings. The molecule has 0 saturated carbocycles. The lowest BCUT2D eigenvalue weighted by molar-refractivity contribution is -0.786. The quantitative estimate of drug-likeness (QED) is 0.581. The van der Waals surface area contributed by atoms with Gasteiger partial charge in [0.05, 0.1) is 14.1 Å². The van der Waals surface area contributed by atoms with Gasteiger partial charge < -0.3 is 4.90 Å². The third-order valence-corrected chi connectivity index (χ3v) is 1.68. The summed E-state index contributed by atoms with van der Waals surface area (Å²) < 4.78 is 0. The predicted molar refractivity (Wildman–Crippen MR) is 43.6 cm³/mol. The minimum Gasteiger partial charge on any atom is -0.307 e. The molecule has 54 valence electrons. The molecule has 1 nitrogen and oxygen atoms in total. The van der Waals surface area contributed by atoms with E-state index in [0.29, 0.717) is 0 Å². The molecular weight excluding hydrogens is 122 g/mol. The minimum absolute atomic E-state index is 1.36. The van der Waals surface area contributed by atoms with Crippen LogP contribution >= 0.6 is 0 Å². The van der Waals surface area contributed by atoms with Crippen LogP contribution in [0.4, 0.5) is 5.69 Å². The van der Waals surface area contributed by atoms with Crippen LogP contribution < -0.4 is 4.90 Å². The molecule has 1 heteroatoms. The zero-order chi connectivity index (χ0) is 7.56. The molecule has 0 aliphatic carbocycles. The molecule has 1 aromatic rings. The molecule has 0 amide bonds. The Morgan fingerprint density at radius 3 is 2.10 bits per heavy atom. The highest BCUT2D eigenvalue weighted by Crippen LogP contribution is 2.06. The minimum atomic E-state index is 1.36. The number of para-hydroxylation sites is 1. The lowest BCUT2D eigenvalue weighted by Gasteiger charge is -2.08. The maximum absolute atomic E-state index is 2.16. The molecular formula is C9H14N+. The molecule has 1 rings (SSSR count). The highest BCUT2D eigenvalue weighted by Gasteiger charge is 2.01. The van der Waals surface area contributed by atoms with E-state index in [4.69, 9.17) is 0 Å². The van der Waals surface area contributed by atoms with Crippen LogP contribution in [0.3, 0.4) is 0 Å². The lowest BCUT2D eigenvalue weighted by Crippen LogP contribution is -3.00. The van der Waals surface area contributed by atoms with E-state index in [-0.39, 0.29) is 0 Å². The number of hydrogen-bond donors (Lipinski definition) is 1. The van der Waals surface area contributed by atoms with Gasteiger partial charge in [-0.15, -0.1) is 0 Å². The fraction of sp³-hybridized carbons (Fsp3) is 0.333. The number of rotatable bonds is 1. The van der Waals surface area contributed by atoms with Crippen molar-refractivity contribution < 1.29 is 4.90 Å². The first-order valence-electron chi connectivity index (χ1n) is 3.58. The van der Waals surface area contributed by atoms with Crippen LogP contribution in [-0.2, 0) is 0 Å². The summed E-state index contributed by atoms with van der Waals surface area (Å²) in [5, 5.41) is 0. The first kappa shape index (κ1) is 7.29. The molecule has 0 heterocycles. The molecule has 0 spiro atoms. The molecule has 0 saturated heterocycles. The Balaban J connectivity index is 3.03. The summed E-state index contributed by atoms with van der Waals surface area (Å²) in [5.41, 5.74) is 2.74. The summed E-state index contributed by atoms with van der Waals surface area (Å²) in [7, 11) is 4.28. The molecule has 0 unspecified atom stereocenters. The van der Waals surface area contributed by atoms with E-state index in [0.717, 1.165) is 0 Å². The maximum atomic E-state index is 2.16. The Kier molecular flexibility index (Phi) is 2.07. The van der Waals surface area contributed by atoms with Crippen LogP contribution in [0.5, 0.6) is 0 Å². The van der Waals surface area contributed by atoms with Crippen LogP contribution in [0, 0.1) is 6.92 Å². The van der Waals surface area contributed by atoms with Crippen molar-refractivity contribution in [2.75, 3.05) is 14.1 Å². The molecule has 1 aromatic carbocycles. The van der Waals surface area contributed by atoms with Crippen molar-refractivity contribution in [1.82, 2.24) is 0 Å². The molecule has 0 bridgehead atoms. The predicted octanol–water partition coefficient (Wildman–Crippen LogP) is 0.771. The largest absolute Gasteiger partial charge is 0.307 e. The van der Waals surface area contributed by atoms with Gasteiger partial charge in [-0.3, -0.25) is 0 Å². The Hall–Kier alpha value is -0.820. The van der Waals surface area contributed by atoms with Crippen LogP contribution in [0.15, 0.2) is 24.3 Å². The Morgan fingerprint density at radius 1 is 1.10 bits per heavy atom. The third kappa shape index (κ3) is 1.36. The van der Waals surface area contributed by atoms with Crippen molar-refractivity contribution in [3.63, 3.8) is 0 Å². The summed E-state index contributed by atoms with van der Waals surface area (Å²) >= 11 is 0. The third-order valence-electron chi connectivity index (χ3n) is 1.68. The van der Waals surface area contributed by atoms with Gasteiger partial charge >= 0.3 is 0 Å². The Bertz CT molecular complexity index is 216. The molecule has 10 heavy (non-hydrogen) atoms. The molecule has 0 aliphatic heterocycles. The fourth-order valence-corrected chi connectivity index (χ4v) is 1.13. The van der Waals surface area contributed by atoms with Crippen LogP contribution in [-0.4, -0.2) is 14.1 Å². The SMILES string of the molecule is Cc1ccccc1[NH+](C)C. The first-order valence-corrected chi connectivity index (χ1v) is 3.58. The van der Waals surface area contributed by atoms with Crippen molar-refractivity contribution in [3.05, 3.63) is 29.8 Å². The van der Waals surface area contributed by atoms with E-state index in [1.54, 1.807) is 0 Å². The van der Waals surface area contributed by atoms with Gasteiger partial charge in [-0.2, -0.15) is 0 Å². The number of nitrogens with one attached hydrogen (secondary N) is 1. The van der Waals surface area contributed by atoms with Gasteiger partial charge in [-0.1, -0.05) is 18.2 Å². The smallest absolute Gasteiger partial charge is 0.133 e. The number of hydrogen-bond acceptors (Lipinski definition) is 0. The second-order valence-corrected chi connectivity index (χ2v) is 2.81. The highest BCUT2D eigenvalue weighted by atomic mass is 15.1. The summed E-state index contributed by atoms with van der Waals surface area (Å²) in [6.45, 7) is 2.14. The summed E-state index contributed by atoms with van der Waals surface area (Å²) in [6.07, 6.45) is 0. The van der Waals surface area contributed by atoms with Gasteiger partial charge in [0.15, 0.2) is 0 Å². The normalized spacial score (nSPS) is 10.4. The number of aryl methyl sites for hydroxylation is 1. The Labute approximate surface area is 62.3 Å². The van der Waals surface area contributed by atoms with Gasteiger partial charge in [0.2, 0.25) is 0 Å². The lowest BCUT2D eigenvalue weighted by atomic mass is 10.2. The second-order valence-electron chi connectivity index (χ2n) is 2.81. The maximum Gasteiger partial charge on any atom is 0.133 e. The average molecular weight is 136 g/mol. The zero-order valence-electron chi connectivity index (χ0n) is 6.81. The van der Waals surface area contributed by atoms with E-state index < -0.39 is 0 Å². The first-order chi connectivity index (χ1) is 4.72. The van der Waals surface area contributed by atoms with Crippen molar-refractivity contribution in [1.29, 1.82) is 0 Å². The van der Waals surface area contributed by atoms with Crippen molar-refractivity contribution >= 4 is 5.69 Å². The van der Waals surface area contributed by atoms with Crippen molar-refractivity contribution in [2.24, 2.45) is 0 Å². The standard InChI is InChI=1S/C9H13N/c1-8-6-4-5-7-9(8)10(2)3/h4-7H,1-3H3/p+1. The van der Waals surface area contributed by atoms with Crippen molar-refractivity contribution in [3.8, 4) is 0 Å². The van der Waals surface area contributed by atoms with E-state index in [1.807, 2.05) is 0 Å². The second kappa shape index (κ2) is 2.84. The average Bonchev–Trinajstić information content (AvgIpc) is 1.88. The fourth-order valence-electron chi connectivity index (χ4n) is 1.13. The molecule has 0 radical (unpaired) electrons. The van der Waals surface area contributed by atoms with Crippen LogP contribution in [0.2, 0.25) is 0 Å². The monoisotopic (exact) mass is 136 g/mol. The van der Waals surface area contributed by atoms with E-state index in [2.05, 4.69) is 45.3 Å². The van der Waals surface area contributed by atoms with Gasteiger partial charge in [0.1, 0.15) is 5.69 Å². The van der Waals surface area contributed by atoms with Gasteiger partial charge in [-0.25, -0.2) is 0 Å². The number of benzene rings is 1. The number of quaternary nitrogens is 1. The van der Waals surface area contributed by atoms with Crippen LogP contribution in [0.1, 0.15) is 5.56 Å². The summed E-state index contributed by atoms with van der Waals surface area (Å²) in [6, 6.07) is 8.45. The van der Waals surface area contributed by atoms with Gasteiger partial charge in [0.25, 0.3) is 0 Å². The van der Waals surface area contributed by atoms with E-state index in [9.17, 15) is 0 Å². The Morgan fingerprint density at radius 2 is 1.70 bits per heavy atom. The van der Waals surface area contributed by atoms with E-state index >= 15 is 0 Å². The van der Waals surface area contributed by atoms with E-state index in [1.165, 1.54) is 16.2 Å². The van der Waals surface area contributed by atoms with Crippen molar-refractivity contribution in [2.45, 2.75) is 6.92 Å². The molecule has 0 fully saturated rings. The molecule has 1 N–H and O–H groups in total. The zero-order valence-corrected chi connectivity index (χ0v) is 6.81. The summed E-state index contributed by atoms with van der Waals surface area (Å²) in [4.78, 5) is 1.39. The van der Waals surface area contributed by atoms with Gasteiger partial charge in [0, 0.05) is 5.56 Å². The molecule has 0 aromatic heterocycles.